The van der Waals surface area contributed by atoms with E-state index in [1.807, 2.05) is 56.3 Å². The maximum absolute atomic E-state index is 12.2. The van der Waals surface area contributed by atoms with Crippen molar-refractivity contribution in [2.75, 3.05) is 0 Å². The quantitative estimate of drug-likeness (QED) is 0.871. The minimum absolute atomic E-state index is 0.00685. The molecule has 0 atom stereocenters. The first-order valence-electron chi connectivity index (χ1n) is 6.33. The Morgan fingerprint density at radius 3 is 2.44 bits per heavy atom. The fraction of sp³-hybridized carbons (Fsp3) is 0.312. The van der Waals surface area contributed by atoms with E-state index in [4.69, 9.17) is 0 Å². The molecule has 0 aliphatic rings. The Kier molecular flexibility index (Phi) is 3.37. The van der Waals surface area contributed by atoms with E-state index >= 15 is 0 Å². The number of nitrogens with one attached hydrogen (secondary N) is 1. The Hall–Kier alpha value is -1.83. The fourth-order valence-electron chi connectivity index (χ4n) is 1.80. The van der Waals surface area contributed by atoms with Crippen molar-refractivity contribution in [1.82, 2.24) is 5.32 Å². The maximum atomic E-state index is 12.2. The lowest BCUT2D eigenvalue weighted by atomic mass is 10.0. The highest BCUT2D eigenvalue weighted by molar-refractivity contribution is 5.98. The molecule has 18 heavy (non-hydrogen) atoms. The smallest absolute Gasteiger partial charge is 0.251 e. The SMILES string of the molecule is CCC(C)(C)NC(=O)c1ccc2ccccc2c1. The van der Waals surface area contributed by atoms with Crippen LogP contribution in [0.2, 0.25) is 0 Å². The molecule has 2 aromatic carbocycles. The predicted molar refractivity (Wildman–Crippen MR) is 75.8 cm³/mol. The van der Waals surface area contributed by atoms with Crippen LogP contribution >= 0.6 is 0 Å². The number of hydrogen-bond acceptors (Lipinski definition) is 1. The lowest BCUT2D eigenvalue weighted by Crippen LogP contribution is -2.42. The van der Waals surface area contributed by atoms with Gasteiger partial charge in [0.25, 0.3) is 5.91 Å². The van der Waals surface area contributed by atoms with E-state index < -0.39 is 0 Å². The van der Waals surface area contributed by atoms with Crippen LogP contribution in [0.25, 0.3) is 10.8 Å². The molecule has 0 aromatic heterocycles. The van der Waals surface area contributed by atoms with E-state index in [9.17, 15) is 4.79 Å². The van der Waals surface area contributed by atoms with Gasteiger partial charge in [0.15, 0.2) is 0 Å². The number of rotatable bonds is 3. The van der Waals surface area contributed by atoms with Crippen LogP contribution in [0.4, 0.5) is 0 Å². The minimum atomic E-state index is -0.164. The molecular weight excluding hydrogens is 222 g/mol. The number of carbonyl (C=O) groups excluding carboxylic acids is 1. The van der Waals surface area contributed by atoms with Crippen molar-refractivity contribution >= 4 is 16.7 Å². The summed E-state index contributed by atoms with van der Waals surface area (Å²) in [6.45, 7) is 6.14. The van der Waals surface area contributed by atoms with Gasteiger partial charge < -0.3 is 5.32 Å². The van der Waals surface area contributed by atoms with Crippen LogP contribution in [-0.4, -0.2) is 11.4 Å². The predicted octanol–water partition coefficient (Wildman–Crippen LogP) is 3.76. The average Bonchev–Trinajstić information content (AvgIpc) is 2.37. The Bertz CT molecular complexity index is 572. The summed E-state index contributed by atoms with van der Waals surface area (Å²) in [5.41, 5.74) is 0.554. The molecule has 2 aromatic rings. The number of fused-ring (bicyclic) bond motifs is 1. The molecule has 0 spiro atoms. The van der Waals surface area contributed by atoms with Crippen LogP contribution in [0.5, 0.6) is 0 Å². The summed E-state index contributed by atoms with van der Waals surface area (Å²) in [5, 5.41) is 5.30. The Morgan fingerprint density at radius 1 is 1.11 bits per heavy atom. The van der Waals surface area contributed by atoms with Gasteiger partial charge in [-0.2, -0.15) is 0 Å². The molecule has 0 saturated heterocycles. The molecule has 1 amide bonds. The monoisotopic (exact) mass is 241 g/mol. The Labute approximate surface area is 108 Å². The lowest BCUT2D eigenvalue weighted by molar-refractivity contribution is 0.0911. The van der Waals surface area contributed by atoms with E-state index in [2.05, 4.69) is 12.2 Å². The third-order valence-electron chi connectivity index (χ3n) is 3.35. The van der Waals surface area contributed by atoms with Crippen molar-refractivity contribution in [3.05, 3.63) is 48.0 Å². The Morgan fingerprint density at radius 2 is 1.78 bits per heavy atom. The highest BCUT2D eigenvalue weighted by Gasteiger charge is 2.18. The second-order valence-corrected chi connectivity index (χ2v) is 5.25. The van der Waals surface area contributed by atoms with Gasteiger partial charge in [-0.15, -0.1) is 0 Å². The summed E-state index contributed by atoms with van der Waals surface area (Å²) in [7, 11) is 0. The van der Waals surface area contributed by atoms with Crippen LogP contribution in [0.15, 0.2) is 42.5 Å². The Balaban J connectivity index is 2.28. The number of carbonyl (C=O) groups is 1. The summed E-state index contributed by atoms with van der Waals surface area (Å²) < 4.78 is 0. The highest BCUT2D eigenvalue weighted by Crippen LogP contribution is 2.16. The largest absolute Gasteiger partial charge is 0.347 e. The van der Waals surface area contributed by atoms with Crippen molar-refractivity contribution in [3.63, 3.8) is 0 Å². The van der Waals surface area contributed by atoms with E-state index in [-0.39, 0.29) is 11.4 Å². The van der Waals surface area contributed by atoms with Gasteiger partial charge in [0.05, 0.1) is 0 Å². The molecule has 94 valence electrons. The molecule has 0 fully saturated rings. The second kappa shape index (κ2) is 4.81. The summed E-state index contributed by atoms with van der Waals surface area (Å²) in [4.78, 5) is 12.2. The zero-order valence-corrected chi connectivity index (χ0v) is 11.2. The zero-order chi connectivity index (χ0) is 13.2. The topological polar surface area (TPSA) is 29.1 Å². The van der Waals surface area contributed by atoms with E-state index in [0.29, 0.717) is 0 Å². The van der Waals surface area contributed by atoms with Gasteiger partial charge in [-0.1, -0.05) is 37.3 Å². The molecule has 2 nitrogen and oxygen atoms in total. The summed E-state index contributed by atoms with van der Waals surface area (Å²) in [5.74, 6) is -0.00685. The molecule has 0 bridgehead atoms. The van der Waals surface area contributed by atoms with Gasteiger partial charge >= 0.3 is 0 Å². The highest BCUT2D eigenvalue weighted by atomic mass is 16.1. The molecule has 2 heteroatoms. The summed E-state index contributed by atoms with van der Waals surface area (Å²) in [6, 6.07) is 13.9. The number of benzene rings is 2. The zero-order valence-electron chi connectivity index (χ0n) is 11.2. The third kappa shape index (κ3) is 2.70. The van der Waals surface area contributed by atoms with Crippen molar-refractivity contribution in [3.8, 4) is 0 Å². The standard InChI is InChI=1S/C16H19NO/c1-4-16(2,3)17-15(18)14-10-9-12-7-5-6-8-13(12)11-14/h5-11H,4H2,1-3H3,(H,17,18). The third-order valence-corrected chi connectivity index (χ3v) is 3.35. The molecule has 0 unspecified atom stereocenters. The normalized spacial score (nSPS) is 11.5. The van der Waals surface area contributed by atoms with Gasteiger partial charge in [0, 0.05) is 11.1 Å². The molecule has 0 saturated carbocycles. The number of amides is 1. The van der Waals surface area contributed by atoms with Gasteiger partial charge in [-0.25, -0.2) is 0 Å². The maximum Gasteiger partial charge on any atom is 0.251 e. The van der Waals surface area contributed by atoms with Gasteiger partial charge in [-0.3, -0.25) is 4.79 Å². The van der Waals surface area contributed by atoms with Crippen molar-refractivity contribution in [2.24, 2.45) is 0 Å². The molecule has 0 radical (unpaired) electrons. The van der Waals surface area contributed by atoms with Crippen molar-refractivity contribution in [2.45, 2.75) is 32.7 Å². The first-order valence-corrected chi connectivity index (χ1v) is 6.33. The molecule has 0 aliphatic heterocycles. The first kappa shape index (κ1) is 12.6. The van der Waals surface area contributed by atoms with Gasteiger partial charge in [0.1, 0.15) is 0 Å². The molecule has 2 rings (SSSR count). The van der Waals surface area contributed by atoms with Crippen molar-refractivity contribution < 1.29 is 4.79 Å². The van der Waals surface area contributed by atoms with E-state index in [1.165, 1.54) is 0 Å². The molecular formula is C16H19NO. The van der Waals surface area contributed by atoms with E-state index in [1.54, 1.807) is 0 Å². The van der Waals surface area contributed by atoms with Crippen LogP contribution in [-0.2, 0) is 0 Å². The molecule has 0 aliphatic carbocycles. The lowest BCUT2D eigenvalue weighted by Gasteiger charge is -2.24. The first-order chi connectivity index (χ1) is 8.52. The van der Waals surface area contributed by atoms with Crippen LogP contribution in [0, 0.1) is 0 Å². The van der Waals surface area contributed by atoms with Crippen molar-refractivity contribution in [1.29, 1.82) is 0 Å². The fourth-order valence-corrected chi connectivity index (χ4v) is 1.80. The second-order valence-electron chi connectivity index (χ2n) is 5.25. The molecule has 0 heterocycles. The molecule has 1 N–H and O–H groups in total. The minimum Gasteiger partial charge on any atom is -0.347 e. The van der Waals surface area contributed by atoms with Gasteiger partial charge in [0.2, 0.25) is 0 Å². The summed E-state index contributed by atoms with van der Waals surface area (Å²) in [6.07, 6.45) is 0.909. The summed E-state index contributed by atoms with van der Waals surface area (Å²) >= 11 is 0. The number of hydrogen-bond donors (Lipinski definition) is 1. The van der Waals surface area contributed by atoms with E-state index in [0.717, 1.165) is 22.8 Å². The average molecular weight is 241 g/mol. The van der Waals surface area contributed by atoms with Gasteiger partial charge in [-0.05, 0) is 43.2 Å². The van der Waals surface area contributed by atoms with Crippen LogP contribution < -0.4 is 5.32 Å². The van der Waals surface area contributed by atoms with Crippen LogP contribution in [0.3, 0.4) is 0 Å². The van der Waals surface area contributed by atoms with Crippen LogP contribution in [0.1, 0.15) is 37.6 Å².